The summed E-state index contributed by atoms with van der Waals surface area (Å²) in [5, 5.41) is 22.0. The summed E-state index contributed by atoms with van der Waals surface area (Å²) in [6, 6.07) is 5.23. The van der Waals surface area contributed by atoms with Gasteiger partial charge >= 0.3 is 0 Å². The molecule has 5 heteroatoms. The third-order valence-electron chi connectivity index (χ3n) is 5.16. The highest BCUT2D eigenvalue weighted by Gasteiger charge is 2.43. The molecule has 1 aliphatic heterocycles. The molecule has 2 unspecified atom stereocenters. The molecule has 2 atom stereocenters. The Morgan fingerprint density at radius 2 is 2.19 bits per heavy atom. The van der Waals surface area contributed by atoms with Crippen molar-refractivity contribution in [2.75, 3.05) is 18.0 Å². The summed E-state index contributed by atoms with van der Waals surface area (Å²) in [5.74, 6) is 0.235. The summed E-state index contributed by atoms with van der Waals surface area (Å²) in [6.45, 7) is 3.34. The second kappa shape index (κ2) is 5.30. The molecule has 1 aromatic rings. The number of anilines is 1. The topological polar surface area (TPSA) is 66.6 Å². The van der Waals surface area contributed by atoms with Crippen molar-refractivity contribution in [2.45, 2.75) is 44.6 Å². The summed E-state index contributed by atoms with van der Waals surface area (Å²) in [4.78, 5) is 13.1. The number of para-hydroxylation sites is 1. The van der Waals surface area contributed by atoms with Crippen LogP contribution >= 0.6 is 0 Å². The molecule has 1 aliphatic carbocycles. The summed E-state index contributed by atoms with van der Waals surface area (Å²) in [6.07, 6.45) is 4.85. The third kappa shape index (κ3) is 2.50. The van der Waals surface area contributed by atoms with Gasteiger partial charge in [0.1, 0.15) is 5.69 Å². The van der Waals surface area contributed by atoms with E-state index >= 15 is 0 Å². The molecule has 0 radical (unpaired) electrons. The number of piperidine rings is 1. The van der Waals surface area contributed by atoms with Gasteiger partial charge in [-0.1, -0.05) is 25.0 Å². The second-order valence-electron chi connectivity index (χ2n) is 6.44. The normalized spacial score (nSPS) is 29.0. The minimum atomic E-state index is -0.549. The van der Waals surface area contributed by atoms with Crippen molar-refractivity contribution in [1.29, 1.82) is 0 Å². The van der Waals surface area contributed by atoms with Crippen molar-refractivity contribution in [3.63, 3.8) is 0 Å². The highest BCUT2D eigenvalue weighted by Crippen LogP contribution is 2.43. The fraction of sp³-hybridized carbons (Fsp3) is 0.625. The van der Waals surface area contributed by atoms with Gasteiger partial charge in [0.25, 0.3) is 5.69 Å². The largest absolute Gasteiger partial charge is 0.389 e. The van der Waals surface area contributed by atoms with Gasteiger partial charge in [-0.05, 0) is 31.7 Å². The van der Waals surface area contributed by atoms with Crippen LogP contribution in [0, 0.1) is 23.0 Å². The van der Waals surface area contributed by atoms with Gasteiger partial charge in [-0.25, -0.2) is 0 Å². The highest BCUT2D eigenvalue weighted by molar-refractivity contribution is 5.68. The first-order valence-electron chi connectivity index (χ1n) is 7.72. The molecule has 114 valence electrons. The molecular formula is C16H22N2O3. The third-order valence-corrected chi connectivity index (χ3v) is 5.16. The van der Waals surface area contributed by atoms with Crippen LogP contribution in [-0.4, -0.2) is 28.7 Å². The fourth-order valence-electron chi connectivity index (χ4n) is 3.98. The average molecular weight is 290 g/mol. The van der Waals surface area contributed by atoms with Crippen LogP contribution in [0.25, 0.3) is 0 Å². The second-order valence-corrected chi connectivity index (χ2v) is 6.44. The number of rotatable bonds is 2. The molecule has 2 aliphatic rings. The van der Waals surface area contributed by atoms with Crippen LogP contribution in [0.5, 0.6) is 0 Å². The maximum absolute atomic E-state index is 11.3. The van der Waals surface area contributed by atoms with Crippen LogP contribution in [0.3, 0.4) is 0 Å². The Morgan fingerprint density at radius 3 is 2.95 bits per heavy atom. The van der Waals surface area contributed by atoms with Gasteiger partial charge in [0.15, 0.2) is 0 Å². The molecular weight excluding hydrogens is 268 g/mol. The molecule has 0 bridgehead atoms. The number of hydrogen-bond acceptors (Lipinski definition) is 4. The van der Waals surface area contributed by atoms with E-state index in [0.29, 0.717) is 13.0 Å². The molecule has 21 heavy (non-hydrogen) atoms. The molecule has 1 saturated carbocycles. The van der Waals surface area contributed by atoms with Crippen molar-refractivity contribution in [2.24, 2.45) is 5.92 Å². The zero-order valence-electron chi connectivity index (χ0n) is 12.4. The van der Waals surface area contributed by atoms with Gasteiger partial charge < -0.3 is 10.0 Å². The maximum Gasteiger partial charge on any atom is 0.292 e. The minimum Gasteiger partial charge on any atom is -0.389 e. The van der Waals surface area contributed by atoms with Gasteiger partial charge in [-0.2, -0.15) is 0 Å². The Labute approximate surface area is 124 Å². The Kier molecular flexibility index (Phi) is 3.61. The van der Waals surface area contributed by atoms with Crippen LogP contribution < -0.4 is 4.90 Å². The number of nitro benzene ring substituents is 1. The predicted octanol–water partition coefficient (Wildman–Crippen LogP) is 3.03. The van der Waals surface area contributed by atoms with E-state index in [-0.39, 0.29) is 16.5 Å². The first-order chi connectivity index (χ1) is 10.0. The van der Waals surface area contributed by atoms with Crippen molar-refractivity contribution in [3.05, 3.63) is 33.9 Å². The number of aryl methyl sites for hydroxylation is 1. The summed E-state index contributed by atoms with van der Waals surface area (Å²) >= 11 is 0. The van der Waals surface area contributed by atoms with Crippen LogP contribution in [-0.2, 0) is 0 Å². The lowest BCUT2D eigenvalue weighted by molar-refractivity contribution is -0.384. The molecule has 0 spiro atoms. The van der Waals surface area contributed by atoms with E-state index in [1.165, 1.54) is 0 Å². The minimum absolute atomic E-state index is 0.177. The lowest BCUT2D eigenvalue weighted by Gasteiger charge is -2.48. The quantitative estimate of drug-likeness (QED) is 0.671. The van der Waals surface area contributed by atoms with E-state index in [1.807, 2.05) is 13.0 Å². The average Bonchev–Trinajstić information content (AvgIpc) is 2.46. The molecule has 2 fully saturated rings. The zero-order chi connectivity index (χ0) is 15.0. The van der Waals surface area contributed by atoms with E-state index in [2.05, 4.69) is 4.90 Å². The van der Waals surface area contributed by atoms with Crippen LogP contribution in [0.2, 0.25) is 0 Å². The number of benzene rings is 1. The lowest BCUT2D eigenvalue weighted by atomic mass is 9.71. The highest BCUT2D eigenvalue weighted by atomic mass is 16.6. The summed E-state index contributed by atoms with van der Waals surface area (Å²) < 4.78 is 0. The van der Waals surface area contributed by atoms with Crippen LogP contribution in [0.15, 0.2) is 18.2 Å². The maximum atomic E-state index is 11.3. The van der Waals surface area contributed by atoms with Crippen molar-refractivity contribution >= 4 is 11.4 Å². The van der Waals surface area contributed by atoms with Gasteiger partial charge in [-0.15, -0.1) is 0 Å². The monoisotopic (exact) mass is 290 g/mol. The molecule has 0 amide bonds. The van der Waals surface area contributed by atoms with Gasteiger partial charge in [0.2, 0.25) is 0 Å². The predicted molar refractivity (Wildman–Crippen MR) is 81.6 cm³/mol. The molecule has 0 aromatic heterocycles. The number of aliphatic hydroxyl groups is 1. The van der Waals surface area contributed by atoms with E-state index in [9.17, 15) is 15.2 Å². The standard InChI is InChI=1S/C16H22N2O3/c1-12-5-4-7-14(18(20)21)15(12)17-10-9-16(19)8-3-2-6-13(16)11-17/h4-5,7,13,19H,2-3,6,8-11H2,1H3. The molecule has 1 aromatic carbocycles. The first-order valence-corrected chi connectivity index (χ1v) is 7.72. The van der Waals surface area contributed by atoms with Crippen molar-refractivity contribution in [3.8, 4) is 0 Å². The molecule has 5 nitrogen and oxygen atoms in total. The lowest BCUT2D eigenvalue weighted by Crippen LogP contribution is -2.53. The number of hydrogen-bond donors (Lipinski definition) is 1. The summed E-state index contributed by atoms with van der Waals surface area (Å²) in [5.41, 5.74) is 1.29. The van der Waals surface area contributed by atoms with Gasteiger partial charge in [0.05, 0.1) is 10.5 Å². The fourth-order valence-corrected chi connectivity index (χ4v) is 3.98. The van der Waals surface area contributed by atoms with E-state index in [0.717, 1.165) is 43.5 Å². The Bertz CT molecular complexity index is 560. The van der Waals surface area contributed by atoms with E-state index < -0.39 is 5.60 Å². The number of nitrogens with zero attached hydrogens (tertiary/aromatic N) is 2. The van der Waals surface area contributed by atoms with Gasteiger partial charge in [0, 0.05) is 25.1 Å². The van der Waals surface area contributed by atoms with Gasteiger partial charge in [-0.3, -0.25) is 10.1 Å². The van der Waals surface area contributed by atoms with Crippen LogP contribution in [0.1, 0.15) is 37.7 Å². The Morgan fingerprint density at radius 1 is 1.38 bits per heavy atom. The first kappa shape index (κ1) is 14.3. The number of fused-ring (bicyclic) bond motifs is 1. The Balaban J connectivity index is 1.91. The van der Waals surface area contributed by atoms with Crippen molar-refractivity contribution in [1.82, 2.24) is 0 Å². The molecule has 1 heterocycles. The van der Waals surface area contributed by atoms with E-state index in [4.69, 9.17) is 0 Å². The van der Waals surface area contributed by atoms with Crippen LogP contribution in [0.4, 0.5) is 11.4 Å². The summed E-state index contributed by atoms with van der Waals surface area (Å²) in [7, 11) is 0. The SMILES string of the molecule is Cc1cccc([N+](=O)[O-])c1N1CCC2(O)CCCCC2C1. The van der Waals surface area contributed by atoms with E-state index in [1.54, 1.807) is 12.1 Å². The Hall–Kier alpha value is -1.62. The zero-order valence-corrected chi connectivity index (χ0v) is 12.4. The van der Waals surface area contributed by atoms with Crippen molar-refractivity contribution < 1.29 is 10.0 Å². The smallest absolute Gasteiger partial charge is 0.292 e. The molecule has 3 rings (SSSR count). The molecule has 1 N–H and O–H groups in total. The molecule has 1 saturated heterocycles. The number of nitro groups is 1.